The molecule has 0 aliphatic rings. The van der Waals surface area contributed by atoms with Crippen LogP contribution in [-0.2, 0) is 16.6 Å². The van der Waals surface area contributed by atoms with Gasteiger partial charge < -0.3 is 0 Å². The molecule has 2 rings (SSSR count). The molecule has 2 aromatic rings. The van der Waals surface area contributed by atoms with E-state index in [9.17, 15) is 4.79 Å². The van der Waals surface area contributed by atoms with Crippen molar-refractivity contribution in [3.8, 4) is 0 Å². The SMILES string of the molecule is C[I-]c1ccc(C(C)(C)C(=O)NC(C)Cc2ccc(Cl)cc2)cc1. The molecule has 2 aromatic carbocycles. The van der Waals surface area contributed by atoms with Crippen molar-refractivity contribution in [1.29, 1.82) is 0 Å². The number of halogens is 2. The third kappa shape index (κ3) is 4.96. The predicted molar refractivity (Wildman–Crippen MR) is 96.8 cm³/mol. The van der Waals surface area contributed by atoms with E-state index in [-0.39, 0.29) is 33.2 Å². The van der Waals surface area contributed by atoms with Gasteiger partial charge in [-0.25, -0.2) is 0 Å². The van der Waals surface area contributed by atoms with Gasteiger partial charge in [-0.05, 0) is 0 Å². The third-order valence-electron chi connectivity index (χ3n) is 4.18. The van der Waals surface area contributed by atoms with Crippen LogP contribution in [0, 0.1) is 3.57 Å². The maximum atomic E-state index is 12.7. The van der Waals surface area contributed by atoms with E-state index >= 15 is 0 Å². The van der Waals surface area contributed by atoms with Crippen molar-refractivity contribution in [2.45, 2.75) is 38.6 Å². The number of benzene rings is 2. The fraction of sp³-hybridized carbons (Fsp3) is 0.350. The summed E-state index contributed by atoms with van der Waals surface area (Å²) in [6.45, 7) is 5.99. The van der Waals surface area contributed by atoms with Crippen molar-refractivity contribution in [3.63, 3.8) is 0 Å². The number of nitrogens with one attached hydrogen (secondary N) is 1. The van der Waals surface area contributed by atoms with Gasteiger partial charge in [0, 0.05) is 5.02 Å². The van der Waals surface area contributed by atoms with Gasteiger partial charge >= 0.3 is 144 Å². The number of amides is 1. The standard InChI is InChI=1S/C20H24ClINO/c1-14(13-15-5-9-17(21)10-6-15)23-19(24)20(2,3)16-7-11-18(22-4)12-8-16/h5-12,14H,13H2,1-4H3,(H,23,24)/q-1. The summed E-state index contributed by atoms with van der Waals surface area (Å²) in [5.41, 5.74) is 1.68. The molecular formula is C20H24ClINO-. The first-order chi connectivity index (χ1) is 11.3. The van der Waals surface area contributed by atoms with Gasteiger partial charge in [0.2, 0.25) is 0 Å². The Balaban J connectivity index is 2.01. The van der Waals surface area contributed by atoms with Crippen molar-refractivity contribution < 1.29 is 26.0 Å². The molecule has 0 bridgehead atoms. The van der Waals surface area contributed by atoms with Gasteiger partial charge in [0.1, 0.15) is 0 Å². The molecule has 0 aliphatic heterocycles. The number of carbonyl (C=O) groups excluding carboxylic acids is 1. The molecule has 24 heavy (non-hydrogen) atoms. The molecule has 1 atom stereocenters. The Morgan fingerprint density at radius 3 is 2.25 bits per heavy atom. The van der Waals surface area contributed by atoms with Crippen molar-refractivity contribution in [2.75, 3.05) is 4.93 Å². The van der Waals surface area contributed by atoms with Crippen LogP contribution in [0.4, 0.5) is 0 Å². The topological polar surface area (TPSA) is 29.1 Å². The van der Waals surface area contributed by atoms with Crippen LogP contribution < -0.4 is 26.5 Å². The molecule has 0 aliphatic carbocycles. The average Bonchev–Trinajstić information content (AvgIpc) is 2.57. The summed E-state index contributed by atoms with van der Waals surface area (Å²) in [6, 6.07) is 16.3. The van der Waals surface area contributed by atoms with Gasteiger partial charge in [-0.2, -0.15) is 0 Å². The Morgan fingerprint density at radius 1 is 1.12 bits per heavy atom. The van der Waals surface area contributed by atoms with Gasteiger partial charge in [0.05, 0.1) is 0 Å². The Morgan fingerprint density at radius 2 is 1.71 bits per heavy atom. The number of hydrogen-bond acceptors (Lipinski definition) is 1. The predicted octanol–water partition coefficient (Wildman–Crippen LogP) is 1.25. The molecule has 4 heteroatoms. The van der Waals surface area contributed by atoms with Gasteiger partial charge in [-0.1, -0.05) is 11.6 Å². The van der Waals surface area contributed by atoms with Gasteiger partial charge in [0.25, 0.3) is 0 Å². The number of rotatable bonds is 6. The number of alkyl halides is 1. The molecule has 2 nitrogen and oxygen atoms in total. The van der Waals surface area contributed by atoms with Crippen molar-refractivity contribution in [2.24, 2.45) is 0 Å². The van der Waals surface area contributed by atoms with Crippen molar-refractivity contribution in [1.82, 2.24) is 5.32 Å². The Hall–Kier alpha value is -1.07. The van der Waals surface area contributed by atoms with Crippen LogP contribution in [0.1, 0.15) is 31.9 Å². The van der Waals surface area contributed by atoms with E-state index in [1.807, 2.05) is 45.0 Å². The maximum absolute atomic E-state index is 12.7. The van der Waals surface area contributed by atoms with E-state index in [1.165, 1.54) is 9.13 Å². The van der Waals surface area contributed by atoms with E-state index in [0.29, 0.717) is 0 Å². The van der Waals surface area contributed by atoms with Crippen LogP contribution in [0.2, 0.25) is 5.02 Å². The minimum absolute atomic E-state index is 0.0582. The number of hydrogen-bond donors (Lipinski definition) is 1. The van der Waals surface area contributed by atoms with Crippen LogP contribution in [0.15, 0.2) is 48.5 Å². The summed E-state index contributed by atoms with van der Waals surface area (Å²) in [5.74, 6) is 0.0582. The second-order valence-electron chi connectivity index (χ2n) is 6.53. The molecule has 0 aromatic heterocycles. The molecule has 0 radical (unpaired) electrons. The quantitative estimate of drug-likeness (QED) is 0.515. The first kappa shape index (κ1) is 19.3. The van der Waals surface area contributed by atoms with Crippen LogP contribution in [0.5, 0.6) is 0 Å². The van der Waals surface area contributed by atoms with Crippen molar-refractivity contribution >= 4 is 17.5 Å². The first-order valence-corrected chi connectivity index (χ1v) is 11.6. The number of carbonyl (C=O) groups is 1. The second-order valence-corrected chi connectivity index (χ2v) is 9.29. The van der Waals surface area contributed by atoms with Gasteiger partial charge in [-0.3, -0.25) is 0 Å². The Labute approximate surface area is 160 Å². The zero-order valence-corrected chi connectivity index (χ0v) is 17.5. The fourth-order valence-corrected chi connectivity index (χ4v) is 3.76. The zero-order valence-electron chi connectivity index (χ0n) is 14.6. The molecule has 130 valence electrons. The van der Waals surface area contributed by atoms with E-state index in [0.717, 1.165) is 17.0 Å². The summed E-state index contributed by atoms with van der Waals surface area (Å²) in [4.78, 5) is 15.0. The van der Waals surface area contributed by atoms with E-state index in [2.05, 4.69) is 34.5 Å². The summed E-state index contributed by atoms with van der Waals surface area (Å²) >= 11 is 6.00. The average molecular weight is 457 g/mol. The monoisotopic (exact) mass is 456 g/mol. The molecule has 1 N–H and O–H groups in total. The first-order valence-electron chi connectivity index (χ1n) is 7.98. The van der Waals surface area contributed by atoms with Crippen LogP contribution in [0.3, 0.4) is 0 Å². The van der Waals surface area contributed by atoms with Crippen LogP contribution >= 0.6 is 11.6 Å². The molecule has 1 unspecified atom stereocenters. The molecule has 0 saturated carbocycles. The summed E-state index contributed by atoms with van der Waals surface area (Å²) < 4.78 is 1.39. The fourth-order valence-electron chi connectivity index (χ4n) is 2.55. The summed E-state index contributed by atoms with van der Waals surface area (Å²) in [6.07, 6.45) is 0.790. The van der Waals surface area contributed by atoms with Crippen molar-refractivity contribution in [3.05, 3.63) is 68.3 Å². The molecule has 0 heterocycles. The van der Waals surface area contributed by atoms with E-state index in [4.69, 9.17) is 11.6 Å². The zero-order chi connectivity index (χ0) is 17.7. The van der Waals surface area contributed by atoms with Crippen LogP contribution in [-0.4, -0.2) is 16.9 Å². The van der Waals surface area contributed by atoms with E-state index < -0.39 is 5.41 Å². The molecular weight excluding hydrogens is 433 g/mol. The minimum atomic E-state index is -0.543. The molecule has 0 spiro atoms. The van der Waals surface area contributed by atoms with Gasteiger partial charge in [-0.15, -0.1) is 0 Å². The normalized spacial score (nSPS) is 12.9. The summed E-state index contributed by atoms with van der Waals surface area (Å²) in [5, 5.41) is 3.88. The third-order valence-corrected chi connectivity index (χ3v) is 6.40. The molecule has 0 fully saturated rings. The Kier molecular flexibility index (Phi) is 6.70. The molecule has 1 amide bonds. The second kappa shape index (κ2) is 8.34. The van der Waals surface area contributed by atoms with Gasteiger partial charge in [0.15, 0.2) is 0 Å². The summed E-state index contributed by atoms with van der Waals surface area (Å²) in [7, 11) is 0. The van der Waals surface area contributed by atoms with Crippen LogP contribution in [0.25, 0.3) is 0 Å². The molecule has 0 saturated heterocycles. The Bertz CT molecular complexity index is 680. The van der Waals surface area contributed by atoms with E-state index in [1.54, 1.807) is 0 Å².